The topological polar surface area (TPSA) is 61.6 Å². The van der Waals surface area contributed by atoms with Gasteiger partial charge in [-0.2, -0.15) is 0 Å². The molecule has 2 aromatic carbocycles. The Morgan fingerprint density at radius 1 is 1.12 bits per heavy atom. The fourth-order valence-corrected chi connectivity index (χ4v) is 4.18. The van der Waals surface area contributed by atoms with E-state index in [1.165, 1.54) is 34.4 Å². The summed E-state index contributed by atoms with van der Waals surface area (Å²) in [5.74, 6) is -0.276. The molecule has 5 nitrogen and oxygen atoms in total. The van der Waals surface area contributed by atoms with E-state index in [1.54, 1.807) is 23.1 Å². The van der Waals surface area contributed by atoms with Gasteiger partial charge in [-0.15, -0.1) is 0 Å². The molecule has 3 N–H and O–H groups in total. The predicted octanol–water partition coefficient (Wildman–Crippen LogP) is 5.03. The van der Waals surface area contributed by atoms with Gasteiger partial charge in [0, 0.05) is 26.2 Å². The molecule has 176 valence electrons. The average Bonchev–Trinajstić information content (AvgIpc) is 3.27. The number of rotatable bonds is 5. The standard InChI is InChI=1S/C28H31FN4O/c1-19(21-7-9-26(29)10-8-21)4-11-27(30)20(2)31-28(34)33-17-24-6-5-23(16-25(24)18-33)22-12-14-32(3)15-13-22/h4-12,16H,2,13-15,17-18,30H2,1,3H3,(H,31,34)/b19-4+,27-11+. The maximum absolute atomic E-state index is 13.1. The molecule has 4 rings (SSSR count). The van der Waals surface area contributed by atoms with Crippen LogP contribution in [0.5, 0.6) is 0 Å². The lowest BCUT2D eigenvalue weighted by Crippen LogP contribution is -2.36. The molecule has 2 amide bonds. The van der Waals surface area contributed by atoms with E-state index in [9.17, 15) is 9.18 Å². The molecule has 0 fully saturated rings. The van der Waals surface area contributed by atoms with Crippen molar-refractivity contribution in [1.82, 2.24) is 15.1 Å². The zero-order chi connectivity index (χ0) is 24.2. The van der Waals surface area contributed by atoms with E-state index in [4.69, 9.17) is 5.73 Å². The summed E-state index contributed by atoms with van der Waals surface area (Å²) >= 11 is 0. The van der Waals surface area contributed by atoms with Crippen LogP contribution in [0.25, 0.3) is 11.1 Å². The number of hydrogen-bond donors (Lipinski definition) is 2. The number of fused-ring (bicyclic) bond motifs is 1. The quantitative estimate of drug-likeness (QED) is 0.618. The van der Waals surface area contributed by atoms with Gasteiger partial charge in [0.1, 0.15) is 5.82 Å². The number of allylic oxidation sites excluding steroid dienone is 3. The molecule has 2 aromatic rings. The van der Waals surface area contributed by atoms with Gasteiger partial charge in [0.05, 0.1) is 11.4 Å². The first-order chi connectivity index (χ1) is 16.3. The highest BCUT2D eigenvalue weighted by Gasteiger charge is 2.24. The maximum Gasteiger partial charge on any atom is 0.322 e. The summed E-state index contributed by atoms with van der Waals surface area (Å²) in [7, 11) is 2.13. The Bertz CT molecular complexity index is 1190. The van der Waals surface area contributed by atoms with Crippen LogP contribution in [0.4, 0.5) is 9.18 Å². The Kier molecular flexibility index (Phi) is 6.98. The van der Waals surface area contributed by atoms with Crippen LogP contribution in [0.1, 0.15) is 35.6 Å². The summed E-state index contributed by atoms with van der Waals surface area (Å²) < 4.78 is 13.1. The summed E-state index contributed by atoms with van der Waals surface area (Å²) in [6.45, 7) is 8.98. The third kappa shape index (κ3) is 5.46. The van der Waals surface area contributed by atoms with E-state index in [0.29, 0.717) is 24.5 Å². The third-order valence-electron chi connectivity index (χ3n) is 6.42. The number of nitrogens with zero attached hydrogens (tertiary/aromatic N) is 2. The molecule has 0 saturated heterocycles. The molecule has 34 heavy (non-hydrogen) atoms. The van der Waals surface area contributed by atoms with Crippen LogP contribution in [-0.2, 0) is 13.1 Å². The first-order valence-electron chi connectivity index (χ1n) is 11.4. The highest BCUT2D eigenvalue weighted by Crippen LogP contribution is 2.29. The highest BCUT2D eigenvalue weighted by atomic mass is 19.1. The summed E-state index contributed by atoms with van der Waals surface area (Å²) in [5, 5.41) is 2.81. The molecule has 0 aliphatic carbocycles. The number of carbonyl (C=O) groups is 1. The lowest BCUT2D eigenvalue weighted by molar-refractivity contribution is 0.201. The second-order valence-electron chi connectivity index (χ2n) is 8.97. The second kappa shape index (κ2) is 10.1. The number of nitrogens with one attached hydrogen (secondary N) is 1. The molecule has 0 unspecified atom stereocenters. The molecule has 6 heteroatoms. The van der Waals surface area contributed by atoms with Crippen molar-refractivity contribution in [1.29, 1.82) is 0 Å². The van der Waals surface area contributed by atoms with Crippen molar-refractivity contribution >= 4 is 17.2 Å². The van der Waals surface area contributed by atoms with E-state index in [2.05, 4.69) is 48.1 Å². The molecule has 0 atom stereocenters. The van der Waals surface area contributed by atoms with Crippen LogP contribution in [-0.4, -0.2) is 36.0 Å². The van der Waals surface area contributed by atoms with Crippen LogP contribution < -0.4 is 11.1 Å². The lowest BCUT2D eigenvalue weighted by Gasteiger charge is -2.22. The molecule has 2 heterocycles. The summed E-state index contributed by atoms with van der Waals surface area (Å²) in [5.41, 5.74) is 13.6. The SMILES string of the molecule is C=C(NC(=O)N1Cc2ccc(C3=CCN(C)CC3)cc2C1)/C(N)=C\C=C(/C)c1ccc(F)cc1. The normalized spacial score (nSPS) is 16.8. The largest absolute Gasteiger partial charge is 0.397 e. The molecule has 2 aliphatic rings. The minimum atomic E-state index is -0.276. The number of urea groups is 1. The lowest BCUT2D eigenvalue weighted by atomic mass is 9.96. The van der Waals surface area contributed by atoms with Crippen LogP contribution in [0.3, 0.4) is 0 Å². The van der Waals surface area contributed by atoms with Crippen LogP contribution >= 0.6 is 0 Å². The average molecular weight is 459 g/mol. The zero-order valence-corrected chi connectivity index (χ0v) is 19.8. The Morgan fingerprint density at radius 3 is 2.56 bits per heavy atom. The van der Waals surface area contributed by atoms with Crippen molar-refractivity contribution in [3.63, 3.8) is 0 Å². The van der Waals surface area contributed by atoms with Gasteiger partial charge in [-0.3, -0.25) is 0 Å². The van der Waals surface area contributed by atoms with Gasteiger partial charge in [-0.05, 0) is 78.1 Å². The zero-order valence-electron chi connectivity index (χ0n) is 19.8. The number of likely N-dealkylation sites (N-methyl/N-ethyl adjacent to an activating group) is 1. The van der Waals surface area contributed by atoms with E-state index < -0.39 is 0 Å². The first kappa shape index (κ1) is 23.5. The van der Waals surface area contributed by atoms with E-state index in [1.807, 2.05) is 13.0 Å². The monoisotopic (exact) mass is 458 g/mol. The molecular weight excluding hydrogens is 427 g/mol. The van der Waals surface area contributed by atoms with Crippen molar-refractivity contribution in [2.45, 2.75) is 26.4 Å². The van der Waals surface area contributed by atoms with Gasteiger partial charge in [0.15, 0.2) is 0 Å². The first-order valence-corrected chi connectivity index (χ1v) is 11.4. The van der Waals surface area contributed by atoms with Gasteiger partial charge in [-0.1, -0.05) is 43.0 Å². The number of nitrogens with two attached hydrogens (primary N) is 1. The molecule has 0 saturated carbocycles. The number of benzene rings is 2. The van der Waals surface area contributed by atoms with Crippen molar-refractivity contribution in [3.8, 4) is 0 Å². The van der Waals surface area contributed by atoms with Gasteiger partial charge in [0.2, 0.25) is 0 Å². The maximum atomic E-state index is 13.1. The van der Waals surface area contributed by atoms with Gasteiger partial charge in [0.25, 0.3) is 0 Å². The Hall–Kier alpha value is -3.64. The fraction of sp³-hybridized carbons (Fsp3) is 0.250. The number of hydrogen-bond acceptors (Lipinski definition) is 3. The fourth-order valence-electron chi connectivity index (χ4n) is 4.18. The number of carbonyl (C=O) groups excluding carboxylic acids is 1. The van der Waals surface area contributed by atoms with E-state index in [-0.39, 0.29) is 11.8 Å². The molecule has 0 bridgehead atoms. The highest BCUT2D eigenvalue weighted by molar-refractivity contribution is 5.78. The second-order valence-corrected chi connectivity index (χ2v) is 8.97. The smallest absolute Gasteiger partial charge is 0.322 e. The summed E-state index contributed by atoms with van der Waals surface area (Å²) in [4.78, 5) is 16.9. The van der Waals surface area contributed by atoms with Gasteiger partial charge < -0.3 is 20.9 Å². The van der Waals surface area contributed by atoms with Gasteiger partial charge in [-0.25, -0.2) is 9.18 Å². The van der Waals surface area contributed by atoms with Crippen molar-refractivity contribution in [3.05, 3.63) is 107 Å². The van der Waals surface area contributed by atoms with Crippen molar-refractivity contribution in [2.24, 2.45) is 5.73 Å². The Labute approximate surface area is 200 Å². The number of amides is 2. The minimum absolute atomic E-state index is 0.225. The van der Waals surface area contributed by atoms with Crippen LogP contribution in [0, 0.1) is 5.82 Å². The number of halogens is 1. The molecule has 0 radical (unpaired) electrons. The van der Waals surface area contributed by atoms with E-state index in [0.717, 1.165) is 30.6 Å². The third-order valence-corrected chi connectivity index (χ3v) is 6.42. The molecular formula is C28H31FN4O. The predicted molar refractivity (Wildman–Crippen MR) is 136 cm³/mol. The minimum Gasteiger partial charge on any atom is -0.397 e. The van der Waals surface area contributed by atoms with Crippen LogP contribution in [0.2, 0.25) is 0 Å². The van der Waals surface area contributed by atoms with Crippen LogP contribution in [0.15, 0.2) is 78.7 Å². The van der Waals surface area contributed by atoms with Gasteiger partial charge >= 0.3 is 6.03 Å². The summed E-state index contributed by atoms with van der Waals surface area (Å²) in [6.07, 6.45) is 6.85. The molecule has 0 spiro atoms. The van der Waals surface area contributed by atoms with Crippen molar-refractivity contribution in [2.75, 3.05) is 20.1 Å². The molecule has 0 aromatic heterocycles. The summed E-state index contributed by atoms with van der Waals surface area (Å²) in [6, 6.07) is 12.5. The Morgan fingerprint density at radius 2 is 1.85 bits per heavy atom. The van der Waals surface area contributed by atoms with E-state index >= 15 is 0 Å². The Balaban J connectivity index is 1.36. The molecule has 2 aliphatic heterocycles. The van der Waals surface area contributed by atoms with Crippen molar-refractivity contribution < 1.29 is 9.18 Å².